The summed E-state index contributed by atoms with van der Waals surface area (Å²) in [5, 5.41) is 14.1. The third-order valence-electron chi connectivity index (χ3n) is 4.12. The molecule has 0 spiro atoms. The zero-order valence-electron chi connectivity index (χ0n) is 14.6. The number of nitrogen functional groups attached to an aromatic ring is 1. The maximum absolute atomic E-state index is 12.8. The Morgan fingerprint density at radius 2 is 1.75 bits per heavy atom. The van der Waals surface area contributed by atoms with Gasteiger partial charge >= 0.3 is 0 Å². The highest BCUT2D eigenvalue weighted by molar-refractivity contribution is 6.05. The molecule has 8 heteroatoms. The second-order valence-corrected chi connectivity index (χ2v) is 5.95. The van der Waals surface area contributed by atoms with Crippen molar-refractivity contribution < 1.29 is 4.79 Å². The number of carbonyl (C=O) groups excluding carboxylic acids is 1. The number of nitrogens with two attached hydrogens (primary N) is 1. The standard InChI is InChI=1S/C20H15N7O/c21-12-13-11-16-17(20(28)25-24-14-7-3-1-4-8-14)26-27(19(16)23-18(13)22)15-9-5-2-6-10-15/h1-11,24H,(H2,22,23)(H,25,28). The molecule has 4 rings (SSSR count). The Hall–Kier alpha value is -4.38. The van der Waals surface area contributed by atoms with Crippen LogP contribution >= 0.6 is 0 Å². The van der Waals surface area contributed by atoms with Crippen LogP contribution in [0.25, 0.3) is 16.7 Å². The van der Waals surface area contributed by atoms with E-state index in [4.69, 9.17) is 5.73 Å². The van der Waals surface area contributed by atoms with Gasteiger partial charge in [-0.25, -0.2) is 9.67 Å². The number of pyridine rings is 1. The largest absolute Gasteiger partial charge is 0.383 e. The van der Waals surface area contributed by atoms with Crippen molar-refractivity contribution in [2.24, 2.45) is 0 Å². The highest BCUT2D eigenvalue weighted by Gasteiger charge is 2.21. The SMILES string of the molecule is N#Cc1cc2c(C(=O)NNc3ccccc3)nn(-c3ccccc3)c2nc1N. The molecule has 0 fully saturated rings. The first-order chi connectivity index (χ1) is 13.7. The molecule has 2 aromatic heterocycles. The van der Waals surface area contributed by atoms with E-state index in [1.54, 1.807) is 0 Å². The zero-order chi connectivity index (χ0) is 19.5. The van der Waals surface area contributed by atoms with Crippen molar-refractivity contribution in [1.29, 1.82) is 5.26 Å². The second kappa shape index (κ2) is 7.09. The van der Waals surface area contributed by atoms with Crippen LogP contribution in [0.3, 0.4) is 0 Å². The van der Waals surface area contributed by atoms with Crippen molar-refractivity contribution >= 4 is 28.4 Å². The van der Waals surface area contributed by atoms with E-state index in [2.05, 4.69) is 20.9 Å². The van der Waals surface area contributed by atoms with Gasteiger partial charge in [-0.2, -0.15) is 10.4 Å². The van der Waals surface area contributed by atoms with E-state index < -0.39 is 5.91 Å². The van der Waals surface area contributed by atoms with Gasteiger partial charge in [-0.05, 0) is 30.3 Å². The Balaban J connectivity index is 1.79. The number of hydrazine groups is 1. The Bertz CT molecular complexity index is 1190. The Labute approximate surface area is 160 Å². The van der Waals surface area contributed by atoms with Crippen molar-refractivity contribution in [3.8, 4) is 11.8 Å². The molecule has 0 unspecified atom stereocenters. The Morgan fingerprint density at radius 3 is 2.43 bits per heavy atom. The topological polar surface area (TPSA) is 122 Å². The molecule has 8 nitrogen and oxygen atoms in total. The van der Waals surface area contributed by atoms with Crippen LogP contribution in [0.4, 0.5) is 11.5 Å². The molecule has 2 aromatic carbocycles. The predicted molar refractivity (Wildman–Crippen MR) is 106 cm³/mol. The molecule has 2 heterocycles. The molecule has 1 amide bonds. The summed E-state index contributed by atoms with van der Waals surface area (Å²) >= 11 is 0. The summed E-state index contributed by atoms with van der Waals surface area (Å²) in [5.74, 6) is -0.375. The van der Waals surface area contributed by atoms with Gasteiger partial charge in [0.1, 0.15) is 11.9 Å². The molecule has 4 N–H and O–H groups in total. The minimum Gasteiger partial charge on any atom is -0.383 e. The molecule has 0 bridgehead atoms. The summed E-state index contributed by atoms with van der Waals surface area (Å²) < 4.78 is 1.53. The smallest absolute Gasteiger partial charge is 0.290 e. The molecule has 0 aliphatic rings. The number of benzene rings is 2. The molecule has 4 aromatic rings. The van der Waals surface area contributed by atoms with E-state index in [1.807, 2.05) is 66.7 Å². The van der Waals surface area contributed by atoms with Crippen molar-refractivity contribution in [2.45, 2.75) is 0 Å². The summed E-state index contributed by atoms with van der Waals surface area (Å²) in [6, 6.07) is 22.0. The lowest BCUT2D eigenvalue weighted by Gasteiger charge is -2.06. The van der Waals surface area contributed by atoms with Gasteiger partial charge in [-0.15, -0.1) is 0 Å². The first kappa shape index (κ1) is 17.1. The van der Waals surface area contributed by atoms with E-state index in [9.17, 15) is 10.1 Å². The summed E-state index contributed by atoms with van der Waals surface area (Å²) in [5.41, 5.74) is 13.5. The quantitative estimate of drug-likeness (QED) is 0.475. The average molecular weight is 369 g/mol. The summed E-state index contributed by atoms with van der Waals surface area (Å²) in [6.07, 6.45) is 0. The van der Waals surface area contributed by atoms with Gasteiger partial charge in [0.25, 0.3) is 5.91 Å². The van der Waals surface area contributed by atoms with E-state index in [-0.39, 0.29) is 17.1 Å². The fourth-order valence-electron chi connectivity index (χ4n) is 2.77. The van der Waals surface area contributed by atoms with Crippen molar-refractivity contribution in [1.82, 2.24) is 20.2 Å². The average Bonchev–Trinajstić information content (AvgIpc) is 3.11. The number of hydrogen-bond acceptors (Lipinski definition) is 6. The highest BCUT2D eigenvalue weighted by Crippen LogP contribution is 2.24. The lowest BCUT2D eigenvalue weighted by atomic mass is 10.2. The first-order valence-electron chi connectivity index (χ1n) is 8.43. The number of anilines is 2. The van der Waals surface area contributed by atoms with Gasteiger partial charge in [0, 0.05) is 0 Å². The Morgan fingerprint density at radius 1 is 1.07 bits per heavy atom. The lowest BCUT2D eigenvalue weighted by Crippen LogP contribution is -2.29. The van der Waals surface area contributed by atoms with Crippen molar-refractivity contribution in [3.05, 3.63) is 78.0 Å². The molecular formula is C20H15N7O. The van der Waals surface area contributed by atoms with Crippen LogP contribution in [-0.4, -0.2) is 20.7 Å². The predicted octanol–water partition coefficient (Wildman–Crippen LogP) is 2.63. The molecule has 0 aliphatic heterocycles. The lowest BCUT2D eigenvalue weighted by molar-refractivity contribution is 0.0959. The monoisotopic (exact) mass is 369 g/mol. The number of aromatic nitrogens is 3. The van der Waals surface area contributed by atoms with Crippen molar-refractivity contribution in [2.75, 3.05) is 11.2 Å². The maximum Gasteiger partial charge on any atom is 0.290 e. The first-order valence-corrected chi connectivity index (χ1v) is 8.43. The third kappa shape index (κ3) is 3.08. The van der Waals surface area contributed by atoms with Crippen LogP contribution in [0.5, 0.6) is 0 Å². The van der Waals surface area contributed by atoms with Crippen LogP contribution in [-0.2, 0) is 0 Å². The summed E-state index contributed by atoms with van der Waals surface area (Å²) in [7, 11) is 0. The molecule has 28 heavy (non-hydrogen) atoms. The number of carbonyl (C=O) groups is 1. The van der Waals surface area contributed by atoms with Gasteiger partial charge in [0.05, 0.1) is 22.3 Å². The van der Waals surface area contributed by atoms with E-state index in [1.165, 1.54) is 10.7 Å². The fraction of sp³-hybridized carbons (Fsp3) is 0. The van der Waals surface area contributed by atoms with Crippen LogP contribution in [0.15, 0.2) is 66.7 Å². The number of fused-ring (bicyclic) bond motifs is 1. The molecule has 0 atom stereocenters. The van der Waals surface area contributed by atoms with Crippen LogP contribution < -0.4 is 16.6 Å². The minimum absolute atomic E-state index is 0.0847. The van der Waals surface area contributed by atoms with E-state index in [0.29, 0.717) is 11.0 Å². The molecule has 0 radical (unpaired) electrons. The third-order valence-corrected chi connectivity index (χ3v) is 4.12. The van der Waals surface area contributed by atoms with Gasteiger partial charge in [0.15, 0.2) is 11.3 Å². The van der Waals surface area contributed by atoms with Gasteiger partial charge in [-0.3, -0.25) is 15.6 Å². The molecule has 136 valence electrons. The molecular weight excluding hydrogens is 354 g/mol. The summed E-state index contributed by atoms with van der Waals surface area (Å²) in [4.78, 5) is 17.1. The molecule has 0 aliphatic carbocycles. The number of para-hydroxylation sites is 2. The van der Waals surface area contributed by atoms with Gasteiger partial charge < -0.3 is 5.73 Å². The number of nitrogens with zero attached hydrogens (tertiary/aromatic N) is 4. The van der Waals surface area contributed by atoms with Crippen LogP contribution in [0, 0.1) is 11.3 Å². The normalized spacial score (nSPS) is 10.4. The van der Waals surface area contributed by atoms with Gasteiger partial charge in [-0.1, -0.05) is 36.4 Å². The number of nitrogens with one attached hydrogen (secondary N) is 2. The van der Waals surface area contributed by atoms with Crippen LogP contribution in [0.1, 0.15) is 16.1 Å². The fourth-order valence-corrected chi connectivity index (χ4v) is 2.77. The number of rotatable bonds is 4. The van der Waals surface area contributed by atoms with E-state index >= 15 is 0 Å². The summed E-state index contributed by atoms with van der Waals surface area (Å²) in [6.45, 7) is 0. The van der Waals surface area contributed by atoms with E-state index in [0.717, 1.165) is 11.4 Å². The zero-order valence-corrected chi connectivity index (χ0v) is 14.6. The van der Waals surface area contributed by atoms with Crippen molar-refractivity contribution in [3.63, 3.8) is 0 Å². The highest BCUT2D eigenvalue weighted by atomic mass is 16.2. The molecule has 0 saturated heterocycles. The minimum atomic E-state index is -0.459. The maximum atomic E-state index is 12.8. The van der Waals surface area contributed by atoms with Gasteiger partial charge in [0.2, 0.25) is 0 Å². The number of hydrogen-bond donors (Lipinski definition) is 3. The second-order valence-electron chi connectivity index (χ2n) is 5.95. The molecule has 0 saturated carbocycles. The number of nitriles is 1. The number of amides is 1. The Kier molecular flexibility index (Phi) is 4.32. The van der Waals surface area contributed by atoms with Crippen LogP contribution in [0.2, 0.25) is 0 Å².